The molecule has 124 valence electrons. The summed E-state index contributed by atoms with van der Waals surface area (Å²) in [4.78, 5) is 27.5. The summed E-state index contributed by atoms with van der Waals surface area (Å²) < 4.78 is 1.05. The predicted octanol–water partition coefficient (Wildman–Crippen LogP) is 3.85. The molecule has 0 spiro atoms. The molecule has 8 heteroatoms. The van der Waals surface area contributed by atoms with Crippen molar-refractivity contribution in [3.8, 4) is 11.3 Å². The van der Waals surface area contributed by atoms with Crippen molar-refractivity contribution in [3.63, 3.8) is 0 Å². The van der Waals surface area contributed by atoms with E-state index >= 15 is 0 Å². The van der Waals surface area contributed by atoms with Crippen LogP contribution in [0.15, 0.2) is 47.3 Å². The number of hydrogen-bond donors (Lipinski definition) is 2. The first kappa shape index (κ1) is 15.7. The third-order valence-corrected chi connectivity index (χ3v) is 4.44. The minimum Gasteiger partial charge on any atom is -0.477 e. The summed E-state index contributed by atoms with van der Waals surface area (Å²) in [5, 5.41) is 15.0. The lowest BCUT2D eigenvalue weighted by Gasteiger charge is -2.02. The van der Waals surface area contributed by atoms with Gasteiger partial charge in [-0.2, -0.15) is 9.61 Å². The Morgan fingerprint density at radius 2 is 1.92 bits per heavy atom. The monoisotopic (exact) mass is 373 g/mol. The minimum absolute atomic E-state index is 0.0946. The van der Waals surface area contributed by atoms with Crippen molar-refractivity contribution in [1.82, 2.24) is 14.6 Å². The molecule has 0 atom stereocenters. The normalized spacial score (nSPS) is 11.3. The van der Waals surface area contributed by atoms with Crippen molar-refractivity contribution in [2.45, 2.75) is 0 Å². The van der Waals surface area contributed by atoms with Crippen molar-refractivity contribution in [2.24, 2.45) is 0 Å². The molecule has 0 aliphatic rings. The smallest absolute Gasteiger partial charge is 0.341 e. The van der Waals surface area contributed by atoms with Crippen LogP contribution in [-0.2, 0) is 0 Å². The number of rotatable bonds is 2. The Hall–Kier alpha value is -2.83. The average Bonchev–Trinajstić information content (AvgIpc) is 2.94. The second-order valence-corrected chi connectivity index (χ2v) is 6.23. The number of aromatic amines is 1. The standard InChI is InChI=1S/C17H9Cl2N3O3/c18-8-5-6-9(11(19)7-8)14-13(17(24)25)15-20-12-4-2-1-3-10(12)16(23)22(15)21-14/h1-7,20H,(H,24,25). The van der Waals surface area contributed by atoms with Gasteiger partial charge in [0.25, 0.3) is 5.56 Å². The molecule has 0 unspecified atom stereocenters. The van der Waals surface area contributed by atoms with Gasteiger partial charge >= 0.3 is 5.97 Å². The van der Waals surface area contributed by atoms with Gasteiger partial charge in [0.05, 0.1) is 15.9 Å². The van der Waals surface area contributed by atoms with Gasteiger partial charge in [0.1, 0.15) is 11.3 Å². The number of carboxylic acid groups (broad SMARTS) is 1. The first-order valence-electron chi connectivity index (χ1n) is 7.20. The van der Waals surface area contributed by atoms with Gasteiger partial charge < -0.3 is 10.1 Å². The molecule has 2 aromatic carbocycles. The van der Waals surface area contributed by atoms with Crippen molar-refractivity contribution in [2.75, 3.05) is 0 Å². The first-order valence-corrected chi connectivity index (χ1v) is 7.95. The molecule has 2 heterocycles. The number of carboxylic acids is 1. The number of nitrogens with one attached hydrogen (secondary N) is 1. The lowest BCUT2D eigenvalue weighted by atomic mass is 10.1. The highest BCUT2D eigenvalue weighted by molar-refractivity contribution is 6.36. The summed E-state index contributed by atoms with van der Waals surface area (Å²) in [5.74, 6) is -1.22. The third kappa shape index (κ3) is 2.38. The van der Waals surface area contributed by atoms with Crippen LogP contribution >= 0.6 is 23.2 Å². The largest absolute Gasteiger partial charge is 0.477 e. The Morgan fingerprint density at radius 3 is 2.64 bits per heavy atom. The fraction of sp³-hybridized carbons (Fsp3) is 0. The van der Waals surface area contributed by atoms with Gasteiger partial charge in [-0.15, -0.1) is 0 Å². The van der Waals surface area contributed by atoms with Crippen LogP contribution in [0.5, 0.6) is 0 Å². The molecule has 0 amide bonds. The summed E-state index contributed by atoms with van der Waals surface area (Å²) >= 11 is 12.1. The van der Waals surface area contributed by atoms with Gasteiger partial charge in [0.2, 0.25) is 0 Å². The fourth-order valence-corrected chi connectivity index (χ4v) is 3.27. The molecule has 0 aliphatic heterocycles. The number of aromatic nitrogens is 3. The van der Waals surface area contributed by atoms with Gasteiger partial charge in [0, 0.05) is 10.6 Å². The van der Waals surface area contributed by atoms with Gasteiger partial charge in [-0.25, -0.2) is 4.79 Å². The first-order chi connectivity index (χ1) is 12.0. The van der Waals surface area contributed by atoms with Crippen molar-refractivity contribution < 1.29 is 9.90 Å². The van der Waals surface area contributed by atoms with E-state index < -0.39 is 11.5 Å². The van der Waals surface area contributed by atoms with E-state index in [-0.39, 0.29) is 21.9 Å². The van der Waals surface area contributed by atoms with E-state index in [2.05, 4.69) is 10.1 Å². The second-order valence-electron chi connectivity index (χ2n) is 5.39. The molecule has 6 nitrogen and oxygen atoms in total. The molecule has 0 saturated carbocycles. The van der Waals surface area contributed by atoms with Crippen LogP contribution in [0.1, 0.15) is 10.4 Å². The Labute approximate surface area is 150 Å². The zero-order valence-electron chi connectivity index (χ0n) is 12.5. The number of hydrogen-bond acceptors (Lipinski definition) is 3. The zero-order valence-corrected chi connectivity index (χ0v) is 14.0. The van der Waals surface area contributed by atoms with Crippen molar-refractivity contribution >= 4 is 45.7 Å². The maximum atomic E-state index is 12.7. The highest BCUT2D eigenvalue weighted by Gasteiger charge is 2.24. The number of para-hydroxylation sites is 1. The summed E-state index contributed by atoms with van der Waals surface area (Å²) in [7, 11) is 0. The SMILES string of the molecule is O=C(O)c1c(-c2ccc(Cl)cc2Cl)nn2c(=O)c3ccccc3[nH]c12. The van der Waals surface area contributed by atoms with Crippen LogP contribution in [0.3, 0.4) is 0 Å². The topological polar surface area (TPSA) is 87.5 Å². The summed E-state index contributed by atoms with van der Waals surface area (Å²) in [6.07, 6.45) is 0. The van der Waals surface area contributed by atoms with E-state index in [0.29, 0.717) is 21.5 Å². The average molecular weight is 374 g/mol. The molecule has 2 N–H and O–H groups in total. The molecule has 25 heavy (non-hydrogen) atoms. The van der Waals surface area contributed by atoms with E-state index in [1.807, 2.05) is 0 Å². The molecule has 0 fully saturated rings. The third-order valence-electron chi connectivity index (χ3n) is 3.89. The number of nitrogens with zero attached hydrogens (tertiary/aromatic N) is 2. The Balaban J connectivity index is 2.17. The van der Waals surface area contributed by atoms with Crippen molar-refractivity contribution in [3.05, 3.63) is 68.4 Å². The maximum Gasteiger partial charge on any atom is 0.341 e. The number of benzene rings is 2. The quantitative estimate of drug-likeness (QED) is 0.558. The number of H-pyrrole nitrogens is 1. The van der Waals surface area contributed by atoms with Gasteiger partial charge in [-0.3, -0.25) is 4.79 Å². The summed E-state index contributed by atoms with van der Waals surface area (Å²) in [6, 6.07) is 11.5. The molecule has 0 radical (unpaired) electrons. The molecule has 0 aliphatic carbocycles. The number of carbonyl (C=O) groups is 1. The van der Waals surface area contributed by atoms with E-state index in [0.717, 1.165) is 4.52 Å². The van der Waals surface area contributed by atoms with Crippen LogP contribution < -0.4 is 5.56 Å². The van der Waals surface area contributed by atoms with Crippen LogP contribution in [0.2, 0.25) is 10.0 Å². The van der Waals surface area contributed by atoms with E-state index in [1.54, 1.807) is 36.4 Å². The number of halogens is 2. The minimum atomic E-state index is -1.22. The second kappa shape index (κ2) is 5.61. The van der Waals surface area contributed by atoms with Crippen LogP contribution in [0, 0.1) is 0 Å². The van der Waals surface area contributed by atoms with Crippen LogP contribution in [0.4, 0.5) is 0 Å². The van der Waals surface area contributed by atoms with E-state index in [9.17, 15) is 14.7 Å². The zero-order chi connectivity index (χ0) is 17.7. The van der Waals surface area contributed by atoms with E-state index in [4.69, 9.17) is 23.2 Å². The van der Waals surface area contributed by atoms with Crippen LogP contribution in [-0.4, -0.2) is 25.7 Å². The summed E-state index contributed by atoms with van der Waals surface area (Å²) in [6.45, 7) is 0. The molecule has 2 aromatic heterocycles. The lowest BCUT2D eigenvalue weighted by molar-refractivity contribution is 0.0699. The number of aromatic carboxylic acids is 1. The van der Waals surface area contributed by atoms with Crippen molar-refractivity contribution in [1.29, 1.82) is 0 Å². The highest BCUT2D eigenvalue weighted by Crippen LogP contribution is 2.33. The Kier molecular flexibility index (Phi) is 3.52. The highest BCUT2D eigenvalue weighted by atomic mass is 35.5. The lowest BCUT2D eigenvalue weighted by Crippen LogP contribution is -2.15. The Morgan fingerprint density at radius 1 is 1.16 bits per heavy atom. The maximum absolute atomic E-state index is 12.7. The van der Waals surface area contributed by atoms with Gasteiger partial charge in [-0.1, -0.05) is 35.3 Å². The fourth-order valence-electron chi connectivity index (χ4n) is 2.77. The van der Waals surface area contributed by atoms with Gasteiger partial charge in [0.15, 0.2) is 5.65 Å². The number of fused-ring (bicyclic) bond motifs is 2. The molecular formula is C17H9Cl2N3O3. The molecule has 0 bridgehead atoms. The Bertz CT molecular complexity index is 1230. The molecular weight excluding hydrogens is 365 g/mol. The molecule has 4 rings (SSSR count). The predicted molar refractivity (Wildman–Crippen MR) is 95.7 cm³/mol. The molecule has 0 saturated heterocycles. The molecule has 4 aromatic rings. The summed E-state index contributed by atoms with van der Waals surface area (Å²) in [5.41, 5.74) is 0.547. The van der Waals surface area contributed by atoms with Gasteiger partial charge in [-0.05, 0) is 30.3 Å². The van der Waals surface area contributed by atoms with E-state index in [1.165, 1.54) is 6.07 Å². The van der Waals surface area contributed by atoms with Crippen LogP contribution in [0.25, 0.3) is 27.8 Å².